The Morgan fingerprint density at radius 2 is 2.16 bits per heavy atom. The Morgan fingerprint density at radius 1 is 1.19 bits per heavy atom. The van der Waals surface area contributed by atoms with Crippen molar-refractivity contribution in [2.24, 2.45) is 0 Å². The fourth-order valence-corrected chi connectivity index (χ4v) is 5.04. The highest BCUT2D eigenvalue weighted by Gasteiger charge is 2.16. The van der Waals surface area contributed by atoms with Crippen LogP contribution in [-0.2, 0) is 19.5 Å². The van der Waals surface area contributed by atoms with Crippen LogP contribution < -0.4 is 15.4 Å². The number of methoxy groups -OCH3 is 1. The van der Waals surface area contributed by atoms with Gasteiger partial charge in [0, 0.05) is 30.2 Å². The van der Waals surface area contributed by atoms with Crippen LogP contribution in [0.3, 0.4) is 0 Å². The first-order valence-corrected chi connectivity index (χ1v) is 11.2. The monoisotopic (exact) mass is 444 g/mol. The molecule has 0 bridgehead atoms. The third-order valence-electron chi connectivity index (χ3n) is 5.55. The summed E-state index contributed by atoms with van der Waals surface area (Å²) in [6.45, 7) is 2.41. The van der Waals surface area contributed by atoms with Crippen LogP contribution in [0.1, 0.15) is 16.3 Å². The summed E-state index contributed by atoms with van der Waals surface area (Å²) in [4.78, 5) is 11.5. The summed E-state index contributed by atoms with van der Waals surface area (Å²) in [5.41, 5.74) is 5.42. The summed E-state index contributed by atoms with van der Waals surface area (Å²) in [6, 6.07) is 9.98. The van der Waals surface area contributed by atoms with Gasteiger partial charge in [-0.05, 0) is 36.2 Å². The first kappa shape index (κ1) is 19.1. The highest BCUT2D eigenvalue weighted by molar-refractivity contribution is 7.15. The lowest BCUT2D eigenvalue weighted by Gasteiger charge is -2.10. The second kappa shape index (κ2) is 7.81. The van der Waals surface area contributed by atoms with Crippen molar-refractivity contribution < 1.29 is 4.74 Å². The van der Waals surface area contributed by atoms with Gasteiger partial charge in [-0.2, -0.15) is 9.61 Å². The zero-order chi connectivity index (χ0) is 21.5. The summed E-state index contributed by atoms with van der Waals surface area (Å²) >= 11 is 1.82. The molecule has 9 nitrogen and oxygen atoms in total. The Labute approximate surface area is 187 Å². The van der Waals surface area contributed by atoms with Gasteiger partial charge in [0.2, 0.25) is 0 Å². The first-order valence-electron chi connectivity index (χ1n) is 10.3. The van der Waals surface area contributed by atoms with Crippen molar-refractivity contribution in [3.63, 3.8) is 0 Å². The maximum Gasteiger partial charge on any atom is 0.178 e. The van der Waals surface area contributed by atoms with Crippen LogP contribution in [0.15, 0.2) is 42.7 Å². The van der Waals surface area contributed by atoms with Crippen molar-refractivity contribution in [3.8, 4) is 16.3 Å². The molecule has 5 aromatic rings. The fourth-order valence-electron chi connectivity index (χ4n) is 3.89. The summed E-state index contributed by atoms with van der Waals surface area (Å²) < 4.78 is 7.05. The van der Waals surface area contributed by atoms with Crippen molar-refractivity contribution in [2.75, 3.05) is 19.0 Å². The average Bonchev–Trinajstić information content (AvgIpc) is 3.46. The van der Waals surface area contributed by atoms with E-state index in [1.54, 1.807) is 24.0 Å². The molecule has 5 aromatic heterocycles. The van der Waals surface area contributed by atoms with E-state index < -0.39 is 0 Å². The van der Waals surface area contributed by atoms with Gasteiger partial charge >= 0.3 is 0 Å². The van der Waals surface area contributed by atoms with Crippen LogP contribution in [-0.4, -0.2) is 43.4 Å². The summed E-state index contributed by atoms with van der Waals surface area (Å²) in [6.07, 6.45) is 4.51. The topological polar surface area (TPSA) is 102 Å². The molecule has 1 aliphatic heterocycles. The van der Waals surface area contributed by atoms with Gasteiger partial charge in [-0.15, -0.1) is 21.5 Å². The Kier molecular flexibility index (Phi) is 4.66. The lowest BCUT2D eigenvalue weighted by molar-refractivity contribution is 0.413. The zero-order valence-corrected chi connectivity index (χ0v) is 18.2. The summed E-state index contributed by atoms with van der Waals surface area (Å²) in [5.74, 6) is 1.40. The van der Waals surface area contributed by atoms with E-state index in [2.05, 4.69) is 36.9 Å². The number of thiophene rings is 1. The lowest BCUT2D eigenvalue weighted by atomic mass is 10.1. The molecule has 6 heterocycles. The smallest absolute Gasteiger partial charge is 0.178 e. The molecular formula is C22H20N8OS. The Balaban J connectivity index is 1.30. The van der Waals surface area contributed by atoms with E-state index in [-0.39, 0.29) is 0 Å². The van der Waals surface area contributed by atoms with Gasteiger partial charge in [0.05, 0.1) is 35.9 Å². The highest BCUT2D eigenvalue weighted by Crippen LogP contribution is 2.32. The van der Waals surface area contributed by atoms with E-state index in [4.69, 9.17) is 9.84 Å². The molecule has 0 spiro atoms. The molecule has 1 aliphatic rings. The molecule has 32 heavy (non-hydrogen) atoms. The highest BCUT2D eigenvalue weighted by atomic mass is 32.1. The second-order valence-electron chi connectivity index (χ2n) is 7.55. The number of pyridine rings is 2. The average molecular weight is 445 g/mol. The number of aromatic nitrogens is 6. The third kappa shape index (κ3) is 3.33. The van der Waals surface area contributed by atoms with Gasteiger partial charge in [-0.25, -0.2) is 4.98 Å². The number of nitrogens with one attached hydrogen (secondary N) is 2. The van der Waals surface area contributed by atoms with Crippen LogP contribution in [0, 0.1) is 0 Å². The number of hydrogen-bond donors (Lipinski definition) is 2. The molecule has 6 rings (SSSR count). The van der Waals surface area contributed by atoms with Crippen molar-refractivity contribution in [3.05, 3.63) is 59.0 Å². The van der Waals surface area contributed by atoms with Crippen LogP contribution >= 0.6 is 11.3 Å². The molecule has 0 fully saturated rings. The van der Waals surface area contributed by atoms with Gasteiger partial charge in [0.25, 0.3) is 0 Å². The predicted octanol–water partition coefficient (Wildman–Crippen LogP) is 3.06. The van der Waals surface area contributed by atoms with Crippen LogP contribution in [0.4, 0.5) is 5.69 Å². The number of hydrogen-bond acceptors (Lipinski definition) is 9. The second-order valence-corrected chi connectivity index (χ2v) is 8.68. The van der Waals surface area contributed by atoms with Gasteiger partial charge in [0.15, 0.2) is 11.5 Å². The molecule has 0 atom stereocenters. The molecule has 0 saturated carbocycles. The van der Waals surface area contributed by atoms with Gasteiger partial charge < -0.3 is 15.4 Å². The fraction of sp³-hybridized carbons (Fsp3) is 0.227. The van der Waals surface area contributed by atoms with Gasteiger partial charge in [0.1, 0.15) is 17.0 Å². The molecule has 0 aliphatic carbocycles. The number of ether oxygens (including phenoxy) is 1. The number of nitrogens with zero attached hydrogens (tertiary/aromatic N) is 6. The minimum Gasteiger partial charge on any atom is -0.495 e. The Morgan fingerprint density at radius 3 is 3.06 bits per heavy atom. The number of anilines is 1. The van der Waals surface area contributed by atoms with E-state index in [1.165, 1.54) is 15.3 Å². The van der Waals surface area contributed by atoms with Crippen LogP contribution in [0.5, 0.6) is 5.75 Å². The van der Waals surface area contributed by atoms with Crippen LogP contribution in [0.25, 0.3) is 27.3 Å². The normalized spacial score (nSPS) is 13.4. The minimum atomic E-state index is 0.454. The molecule has 10 heteroatoms. The quantitative estimate of drug-likeness (QED) is 0.426. The lowest BCUT2D eigenvalue weighted by Crippen LogP contribution is -2.21. The molecule has 0 unspecified atom stereocenters. The third-order valence-corrected chi connectivity index (χ3v) is 6.81. The molecule has 0 radical (unpaired) electrons. The van der Waals surface area contributed by atoms with Crippen molar-refractivity contribution >= 4 is 33.7 Å². The van der Waals surface area contributed by atoms with Gasteiger partial charge in [-0.3, -0.25) is 4.98 Å². The molecule has 0 amide bonds. The van der Waals surface area contributed by atoms with E-state index in [9.17, 15) is 0 Å². The Bertz CT molecular complexity index is 1420. The number of rotatable bonds is 5. The SMILES string of the molecule is COc1cnc2c(NCc3nnc4ccc(-c5cc6c(s5)CCNC6)nn34)ccnc2c1. The number of fused-ring (bicyclic) bond motifs is 3. The molecule has 2 N–H and O–H groups in total. The van der Waals surface area contributed by atoms with Crippen molar-refractivity contribution in [1.29, 1.82) is 0 Å². The van der Waals surface area contributed by atoms with Crippen molar-refractivity contribution in [1.82, 2.24) is 35.1 Å². The van der Waals surface area contributed by atoms with E-state index in [0.717, 1.165) is 53.4 Å². The Hall–Kier alpha value is -3.63. The molecular weight excluding hydrogens is 424 g/mol. The van der Waals surface area contributed by atoms with Crippen LogP contribution in [0.2, 0.25) is 0 Å². The molecule has 0 aromatic carbocycles. The van der Waals surface area contributed by atoms with E-state index in [1.807, 2.05) is 35.6 Å². The molecule has 160 valence electrons. The molecule has 0 saturated heterocycles. The summed E-state index contributed by atoms with van der Waals surface area (Å²) in [5, 5.41) is 20.3. The van der Waals surface area contributed by atoms with Crippen molar-refractivity contribution in [2.45, 2.75) is 19.5 Å². The van der Waals surface area contributed by atoms with E-state index in [0.29, 0.717) is 12.3 Å². The zero-order valence-electron chi connectivity index (χ0n) is 17.4. The van der Waals surface area contributed by atoms with E-state index >= 15 is 0 Å². The first-order chi connectivity index (χ1) is 15.8. The maximum atomic E-state index is 5.25. The van der Waals surface area contributed by atoms with Gasteiger partial charge in [-0.1, -0.05) is 0 Å². The largest absolute Gasteiger partial charge is 0.495 e. The summed E-state index contributed by atoms with van der Waals surface area (Å²) in [7, 11) is 1.62. The minimum absolute atomic E-state index is 0.454. The predicted molar refractivity (Wildman–Crippen MR) is 123 cm³/mol. The maximum absolute atomic E-state index is 5.25. The standard InChI is InChI=1S/C22H20N8OS/c1-31-14-9-17-22(26-11-14)16(4-7-24-17)25-12-21-28-27-20-3-2-15(29-30(20)21)19-8-13-10-23-6-5-18(13)32-19/h2-4,7-9,11,23H,5-6,10,12H2,1H3,(H,24,25).